The van der Waals surface area contributed by atoms with E-state index in [1.54, 1.807) is 0 Å². The van der Waals surface area contributed by atoms with Crippen molar-refractivity contribution in [3.8, 4) is 11.5 Å². The molecule has 0 spiro atoms. The summed E-state index contributed by atoms with van der Waals surface area (Å²) in [5.41, 5.74) is 2.64. The van der Waals surface area contributed by atoms with Crippen LogP contribution in [0.2, 0.25) is 0 Å². The monoisotopic (exact) mass is 369 g/mol. The van der Waals surface area contributed by atoms with Crippen LogP contribution in [0.25, 0.3) is 0 Å². The minimum Gasteiger partial charge on any atom is -0.486 e. The molecule has 2 N–H and O–H groups in total. The molecular formula is C22H27NO4. The van der Waals surface area contributed by atoms with Gasteiger partial charge in [-0.15, -0.1) is 0 Å². The second-order valence-corrected chi connectivity index (χ2v) is 7.22. The molecule has 0 amide bonds. The number of ether oxygens (including phenoxy) is 3. The third kappa shape index (κ3) is 4.61. The van der Waals surface area contributed by atoms with Crippen LogP contribution >= 0.6 is 0 Å². The maximum Gasteiger partial charge on any atom is 0.161 e. The van der Waals surface area contributed by atoms with Gasteiger partial charge in [0.05, 0.1) is 18.8 Å². The predicted molar refractivity (Wildman–Crippen MR) is 103 cm³/mol. The zero-order valence-corrected chi connectivity index (χ0v) is 15.5. The van der Waals surface area contributed by atoms with E-state index >= 15 is 0 Å². The van der Waals surface area contributed by atoms with Gasteiger partial charge in [-0.1, -0.05) is 36.4 Å². The molecule has 0 bridgehead atoms. The standard InChI is InChI=1S/C22H27NO4/c24-17(14-25-20-11-5-7-16-6-1-2-8-19(16)20)12-23-13-18-15-26-21-9-3-4-10-22(21)27-18/h1-4,6,8-10,17-18,20,23-24H,5,7,11-15H2/t17-,18-,20-/m1/s1. The third-order valence-corrected chi connectivity index (χ3v) is 5.12. The lowest BCUT2D eigenvalue weighted by atomic mass is 9.89. The highest BCUT2D eigenvalue weighted by Gasteiger charge is 2.22. The van der Waals surface area contributed by atoms with E-state index in [-0.39, 0.29) is 12.2 Å². The van der Waals surface area contributed by atoms with E-state index in [0.717, 1.165) is 30.8 Å². The van der Waals surface area contributed by atoms with E-state index < -0.39 is 6.10 Å². The van der Waals surface area contributed by atoms with Crippen molar-refractivity contribution in [2.75, 3.05) is 26.3 Å². The summed E-state index contributed by atoms with van der Waals surface area (Å²) in [5.74, 6) is 1.56. The van der Waals surface area contributed by atoms with Crippen LogP contribution in [-0.4, -0.2) is 43.6 Å². The average Bonchev–Trinajstić information content (AvgIpc) is 2.72. The zero-order chi connectivity index (χ0) is 18.5. The Morgan fingerprint density at radius 2 is 1.93 bits per heavy atom. The molecule has 27 heavy (non-hydrogen) atoms. The van der Waals surface area contributed by atoms with Crippen molar-refractivity contribution in [1.29, 1.82) is 0 Å². The molecule has 5 nitrogen and oxygen atoms in total. The Labute approximate surface area is 160 Å². The van der Waals surface area contributed by atoms with Crippen LogP contribution in [0.4, 0.5) is 0 Å². The predicted octanol–water partition coefficient (Wildman–Crippen LogP) is 2.87. The van der Waals surface area contributed by atoms with Gasteiger partial charge in [0.25, 0.3) is 0 Å². The lowest BCUT2D eigenvalue weighted by molar-refractivity contribution is -0.0177. The van der Waals surface area contributed by atoms with Gasteiger partial charge in [0.1, 0.15) is 12.7 Å². The fourth-order valence-electron chi connectivity index (χ4n) is 3.74. The van der Waals surface area contributed by atoms with Crippen molar-refractivity contribution < 1.29 is 19.3 Å². The van der Waals surface area contributed by atoms with Crippen molar-refractivity contribution in [3.63, 3.8) is 0 Å². The van der Waals surface area contributed by atoms with Gasteiger partial charge in [0, 0.05) is 13.1 Å². The molecule has 2 aromatic carbocycles. The molecule has 144 valence electrons. The smallest absolute Gasteiger partial charge is 0.161 e. The van der Waals surface area contributed by atoms with Crippen molar-refractivity contribution in [2.45, 2.75) is 37.6 Å². The highest BCUT2D eigenvalue weighted by atomic mass is 16.6. The van der Waals surface area contributed by atoms with Gasteiger partial charge < -0.3 is 24.6 Å². The van der Waals surface area contributed by atoms with Gasteiger partial charge >= 0.3 is 0 Å². The third-order valence-electron chi connectivity index (χ3n) is 5.12. The summed E-state index contributed by atoms with van der Waals surface area (Å²) in [5, 5.41) is 13.5. The second kappa shape index (κ2) is 8.74. The number of aliphatic hydroxyl groups is 1. The first kappa shape index (κ1) is 18.3. The highest BCUT2D eigenvalue weighted by molar-refractivity contribution is 5.40. The van der Waals surface area contributed by atoms with Gasteiger partial charge in [-0.2, -0.15) is 0 Å². The molecule has 0 saturated carbocycles. The van der Waals surface area contributed by atoms with Crippen molar-refractivity contribution in [2.24, 2.45) is 0 Å². The van der Waals surface area contributed by atoms with Crippen LogP contribution in [0.3, 0.4) is 0 Å². The molecule has 2 aliphatic rings. The fraction of sp³-hybridized carbons (Fsp3) is 0.455. The number of rotatable bonds is 7. The minimum absolute atomic E-state index is 0.0572. The quantitative estimate of drug-likeness (QED) is 0.786. The lowest BCUT2D eigenvalue weighted by Gasteiger charge is -2.28. The van der Waals surface area contributed by atoms with Crippen LogP contribution in [0.1, 0.15) is 30.1 Å². The maximum atomic E-state index is 10.3. The Morgan fingerprint density at radius 3 is 2.85 bits per heavy atom. The summed E-state index contributed by atoms with van der Waals surface area (Å²) in [7, 11) is 0. The molecule has 1 aliphatic carbocycles. The number of aryl methyl sites for hydroxylation is 1. The molecule has 0 unspecified atom stereocenters. The SMILES string of the molecule is O[C@H](CNC[C@@H]1COc2ccccc2O1)CO[C@@H]1CCCc2ccccc21. The second-order valence-electron chi connectivity index (χ2n) is 7.22. The molecule has 2 aromatic rings. The number of hydrogen-bond acceptors (Lipinski definition) is 5. The minimum atomic E-state index is -0.545. The summed E-state index contributed by atoms with van der Waals surface area (Å²) in [6.45, 7) is 1.93. The normalized spacial score (nSPS) is 22.1. The Hall–Kier alpha value is -2.08. The summed E-state index contributed by atoms with van der Waals surface area (Å²) in [6.07, 6.45) is 2.76. The number of benzene rings is 2. The Bertz CT molecular complexity index is 751. The molecule has 0 saturated heterocycles. The molecule has 3 atom stereocenters. The molecule has 5 heteroatoms. The van der Waals surface area contributed by atoms with E-state index in [0.29, 0.717) is 26.3 Å². The van der Waals surface area contributed by atoms with Crippen LogP contribution in [-0.2, 0) is 11.2 Å². The summed E-state index contributed by atoms with van der Waals surface area (Å²) >= 11 is 0. The largest absolute Gasteiger partial charge is 0.486 e. The molecule has 0 radical (unpaired) electrons. The zero-order valence-electron chi connectivity index (χ0n) is 15.5. The number of aliphatic hydroxyl groups excluding tert-OH is 1. The van der Waals surface area contributed by atoms with Crippen molar-refractivity contribution in [3.05, 3.63) is 59.7 Å². The number of fused-ring (bicyclic) bond motifs is 2. The number of para-hydroxylation sites is 2. The summed E-state index contributed by atoms with van der Waals surface area (Å²) in [4.78, 5) is 0. The van der Waals surface area contributed by atoms with E-state index in [9.17, 15) is 5.11 Å². The molecule has 1 aliphatic heterocycles. The van der Waals surface area contributed by atoms with Crippen LogP contribution in [0.5, 0.6) is 11.5 Å². The Kier molecular flexibility index (Phi) is 5.92. The van der Waals surface area contributed by atoms with Gasteiger partial charge in [0.2, 0.25) is 0 Å². The van der Waals surface area contributed by atoms with Crippen LogP contribution in [0, 0.1) is 0 Å². The van der Waals surface area contributed by atoms with Gasteiger partial charge in [0.15, 0.2) is 11.5 Å². The number of hydrogen-bond donors (Lipinski definition) is 2. The highest BCUT2D eigenvalue weighted by Crippen LogP contribution is 2.32. The first-order chi connectivity index (χ1) is 13.3. The molecule has 1 heterocycles. The Morgan fingerprint density at radius 1 is 1.11 bits per heavy atom. The van der Waals surface area contributed by atoms with Gasteiger partial charge in [-0.05, 0) is 42.5 Å². The molecular weight excluding hydrogens is 342 g/mol. The van der Waals surface area contributed by atoms with E-state index in [4.69, 9.17) is 14.2 Å². The van der Waals surface area contributed by atoms with Gasteiger partial charge in [-0.25, -0.2) is 0 Å². The first-order valence-electron chi connectivity index (χ1n) is 9.76. The molecule has 4 rings (SSSR count). The van der Waals surface area contributed by atoms with E-state index in [1.165, 1.54) is 11.1 Å². The van der Waals surface area contributed by atoms with E-state index in [1.807, 2.05) is 24.3 Å². The average molecular weight is 369 g/mol. The van der Waals surface area contributed by atoms with E-state index in [2.05, 4.69) is 29.6 Å². The van der Waals surface area contributed by atoms with Gasteiger partial charge in [-0.3, -0.25) is 0 Å². The van der Waals surface area contributed by atoms with Crippen LogP contribution in [0.15, 0.2) is 48.5 Å². The molecule has 0 aromatic heterocycles. The maximum absolute atomic E-state index is 10.3. The topological polar surface area (TPSA) is 60.0 Å². The number of nitrogens with one attached hydrogen (secondary N) is 1. The van der Waals surface area contributed by atoms with Crippen molar-refractivity contribution >= 4 is 0 Å². The Balaban J connectivity index is 1.18. The molecule has 0 fully saturated rings. The fourth-order valence-corrected chi connectivity index (χ4v) is 3.74. The summed E-state index contributed by atoms with van der Waals surface area (Å²) < 4.78 is 17.6. The van der Waals surface area contributed by atoms with Crippen LogP contribution < -0.4 is 14.8 Å². The van der Waals surface area contributed by atoms with Crippen molar-refractivity contribution in [1.82, 2.24) is 5.32 Å². The lowest BCUT2D eigenvalue weighted by Crippen LogP contribution is -2.41. The first-order valence-corrected chi connectivity index (χ1v) is 9.76. The summed E-state index contributed by atoms with van der Waals surface area (Å²) in [6, 6.07) is 16.1.